The van der Waals surface area contributed by atoms with Gasteiger partial charge in [-0.1, -0.05) is 18.2 Å². The summed E-state index contributed by atoms with van der Waals surface area (Å²) in [4.78, 5) is 13.9. The second-order valence-electron chi connectivity index (χ2n) is 4.25. The number of rotatable bonds is 3. The molecule has 0 fully saturated rings. The molecule has 1 aromatic carbocycles. The summed E-state index contributed by atoms with van der Waals surface area (Å²) in [5.74, 6) is 0. The monoisotopic (exact) mass is 247 g/mol. The van der Waals surface area contributed by atoms with E-state index in [0.29, 0.717) is 5.69 Å². The van der Waals surface area contributed by atoms with Crippen LogP contribution in [0.3, 0.4) is 0 Å². The van der Waals surface area contributed by atoms with Gasteiger partial charge < -0.3 is 10.0 Å². The summed E-state index contributed by atoms with van der Waals surface area (Å²) in [6, 6.07) is 9.44. The van der Waals surface area contributed by atoms with Gasteiger partial charge in [-0.25, -0.2) is 4.68 Å². The van der Waals surface area contributed by atoms with Gasteiger partial charge in [0, 0.05) is 14.1 Å². The van der Waals surface area contributed by atoms with Crippen molar-refractivity contribution in [1.29, 1.82) is 0 Å². The van der Waals surface area contributed by atoms with Gasteiger partial charge in [-0.3, -0.25) is 9.48 Å². The normalized spacial score (nSPS) is 10.7. The first-order chi connectivity index (χ1) is 8.57. The maximum atomic E-state index is 12.4. The minimum Gasteiger partial charge on any atom is -0.376 e. The predicted octanol–water partition coefficient (Wildman–Crippen LogP) is 0.870. The number of para-hydroxylation sites is 1. The Morgan fingerprint density at radius 2 is 1.89 bits per heavy atom. The standard InChI is InChI=1S/C13H17N3O2/c1-10-12(14(2)9-17)13(18)16(15(10)3)11-7-5-4-6-8-11/h4-8,17H,9H2,1-3H3. The van der Waals surface area contributed by atoms with E-state index < -0.39 is 0 Å². The molecule has 0 spiro atoms. The summed E-state index contributed by atoms with van der Waals surface area (Å²) in [7, 11) is 3.53. The smallest absolute Gasteiger partial charge is 0.295 e. The van der Waals surface area contributed by atoms with Crippen molar-refractivity contribution >= 4 is 5.69 Å². The van der Waals surface area contributed by atoms with Crippen LogP contribution in [0.4, 0.5) is 5.69 Å². The average molecular weight is 247 g/mol. The van der Waals surface area contributed by atoms with Gasteiger partial charge in [0.15, 0.2) is 0 Å². The second kappa shape index (κ2) is 4.70. The lowest BCUT2D eigenvalue weighted by Crippen LogP contribution is -2.26. The molecule has 0 aliphatic carbocycles. The maximum Gasteiger partial charge on any atom is 0.295 e. The zero-order valence-electron chi connectivity index (χ0n) is 10.8. The van der Waals surface area contributed by atoms with Crippen LogP contribution in [0.15, 0.2) is 35.1 Å². The third-order valence-electron chi connectivity index (χ3n) is 3.12. The maximum absolute atomic E-state index is 12.4. The van der Waals surface area contributed by atoms with E-state index in [0.717, 1.165) is 11.4 Å². The first kappa shape index (κ1) is 12.4. The highest BCUT2D eigenvalue weighted by Crippen LogP contribution is 2.16. The van der Waals surface area contributed by atoms with Crippen LogP contribution in [-0.2, 0) is 7.05 Å². The molecule has 5 nitrogen and oxygen atoms in total. The van der Waals surface area contributed by atoms with Crippen molar-refractivity contribution in [2.75, 3.05) is 18.7 Å². The number of anilines is 1. The van der Waals surface area contributed by atoms with Crippen molar-refractivity contribution in [1.82, 2.24) is 9.36 Å². The first-order valence-electron chi connectivity index (χ1n) is 5.74. The van der Waals surface area contributed by atoms with E-state index in [-0.39, 0.29) is 12.3 Å². The van der Waals surface area contributed by atoms with Gasteiger partial charge in [0.2, 0.25) is 0 Å². The Balaban J connectivity index is 2.68. The predicted molar refractivity (Wildman–Crippen MR) is 71.2 cm³/mol. The van der Waals surface area contributed by atoms with E-state index in [4.69, 9.17) is 0 Å². The highest BCUT2D eigenvalue weighted by atomic mass is 16.3. The molecule has 0 aliphatic heterocycles. The van der Waals surface area contributed by atoms with Gasteiger partial charge >= 0.3 is 0 Å². The van der Waals surface area contributed by atoms with Crippen LogP contribution >= 0.6 is 0 Å². The molecular formula is C13H17N3O2. The summed E-state index contributed by atoms with van der Waals surface area (Å²) in [5.41, 5.74) is 2.02. The molecule has 0 saturated heterocycles. The molecule has 1 aromatic heterocycles. The van der Waals surface area contributed by atoms with Crippen LogP contribution in [0.2, 0.25) is 0 Å². The molecule has 1 heterocycles. The lowest BCUT2D eigenvalue weighted by Gasteiger charge is -2.13. The van der Waals surface area contributed by atoms with E-state index in [2.05, 4.69) is 0 Å². The highest BCUT2D eigenvalue weighted by Gasteiger charge is 2.18. The van der Waals surface area contributed by atoms with Crippen molar-refractivity contribution in [2.24, 2.45) is 7.05 Å². The van der Waals surface area contributed by atoms with Crippen LogP contribution < -0.4 is 10.5 Å². The molecule has 1 N–H and O–H groups in total. The van der Waals surface area contributed by atoms with Gasteiger partial charge in [0.25, 0.3) is 5.56 Å². The molecule has 0 saturated carbocycles. The molecular weight excluding hydrogens is 230 g/mol. The lowest BCUT2D eigenvalue weighted by atomic mass is 10.3. The quantitative estimate of drug-likeness (QED) is 0.819. The van der Waals surface area contributed by atoms with E-state index in [9.17, 15) is 9.90 Å². The molecule has 0 aliphatic rings. The Kier molecular flexibility index (Phi) is 3.25. The van der Waals surface area contributed by atoms with Gasteiger partial charge in [-0.2, -0.15) is 0 Å². The summed E-state index contributed by atoms with van der Waals surface area (Å²) in [6.07, 6.45) is 0. The molecule has 0 unspecified atom stereocenters. The lowest BCUT2D eigenvalue weighted by molar-refractivity contribution is 0.298. The highest BCUT2D eigenvalue weighted by molar-refractivity contribution is 5.50. The van der Waals surface area contributed by atoms with Crippen LogP contribution in [0.25, 0.3) is 5.69 Å². The summed E-state index contributed by atoms with van der Waals surface area (Å²) in [6.45, 7) is 1.68. The number of hydrogen-bond acceptors (Lipinski definition) is 3. The Hall–Kier alpha value is -2.01. The Morgan fingerprint density at radius 1 is 1.28 bits per heavy atom. The van der Waals surface area contributed by atoms with Crippen LogP contribution in [0.1, 0.15) is 5.69 Å². The van der Waals surface area contributed by atoms with Crippen molar-refractivity contribution in [3.8, 4) is 5.69 Å². The van der Waals surface area contributed by atoms with Crippen molar-refractivity contribution in [3.63, 3.8) is 0 Å². The van der Waals surface area contributed by atoms with Crippen molar-refractivity contribution in [2.45, 2.75) is 6.92 Å². The summed E-state index contributed by atoms with van der Waals surface area (Å²) >= 11 is 0. The molecule has 0 amide bonds. The Bertz CT molecular complexity index is 599. The van der Waals surface area contributed by atoms with Gasteiger partial charge in [0.1, 0.15) is 12.4 Å². The zero-order valence-corrected chi connectivity index (χ0v) is 10.8. The number of aliphatic hydroxyl groups is 1. The summed E-state index contributed by atoms with van der Waals surface area (Å²) in [5, 5.41) is 9.18. The minimum atomic E-state index is -0.186. The zero-order chi connectivity index (χ0) is 13.3. The van der Waals surface area contributed by atoms with E-state index in [1.807, 2.05) is 44.3 Å². The molecule has 5 heteroatoms. The van der Waals surface area contributed by atoms with E-state index >= 15 is 0 Å². The fourth-order valence-electron chi connectivity index (χ4n) is 2.06. The molecule has 0 atom stereocenters. The van der Waals surface area contributed by atoms with Crippen LogP contribution in [0, 0.1) is 6.92 Å². The second-order valence-corrected chi connectivity index (χ2v) is 4.25. The van der Waals surface area contributed by atoms with Gasteiger partial charge in [0.05, 0.1) is 11.4 Å². The van der Waals surface area contributed by atoms with Crippen molar-refractivity contribution in [3.05, 3.63) is 46.4 Å². The van der Waals surface area contributed by atoms with Crippen LogP contribution in [0.5, 0.6) is 0 Å². The molecule has 0 bridgehead atoms. The third kappa shape index (κ3) is 1.82. The average Bonchev–Trinajstić information content (AvgIpc) is 2.61. The number of hydrogen-bond donors (Lipinski definition) is 1. The van der Waals surface area contributed by atoms with Gasteiger partial charge in [-0.15, -0.1) is 0 Å². The molecule has 2 aromatic rings. The van der Waals surface area contributed by atoms with E-state index in [1.165, 1.54) is 4.90 Å². The number of aliphatic hydroxyl groups excluding tert-OH is 1. The van der Waals surface area contributed by atoms with E-state index in [1.54, 1.807) is 16.4 Å². The molecule has 18 heavy (non-hydrogen) atoms. The molecule has 2 rings (SSSR count). The molecule has 0 radical (unpaired) electrons. The summed E-state index contributed by atoms with van der Waals surface area (Å²) < 4.78 is 3.38. The Labute approximate surface area is 105 Å². The number of nitrogens with zero attached hydrogens (tertiary/aromatic N) is 3. The Morgan fingerprint density at radius 3 is 2.44 bits per heavy atom. The number of benzene rings is 1. The number of aromatic nitrogens is 2. The topological polar surface area (TPSA) is 50.4 Å². The van der Waals surface area contributed by atoms with Crippen LogP contribution in [-0.4, -0.2) is 28.2 Å². The molecule has 96 valence electrons. The minimum absolute atomic E-state index is 0.127. The van der Waals surface area contributed by atoms with Crippen molar-refractivity contribution < 1.29 is 5.11 Å². The fraction of sp³-hybridized carbons (Fsp3) is 0.308. The SMILES string of the molecule is Cc1c(N(C)CO)c(=O)n(-c2ccccc2)n1C. The first-order valence-corrected chi connectivity index (χ1v) is 5.74. The van der Waals surface area contributed by atoms with Gasteiger partial charge in [-0.05, 0) is 19.1 Å². The third-order valence-corrected chi connectivity index (χ3v) is 3.12. The largest absolute Gasteiger partial charge is 0.376 e. The fourth-order valence-corrected chi connectivity index (χ4v) is 2.06.